The summed E-state index contributed by atoms with van der Waals surface area (Å²) in [6, 6.07) is 13.2. The fraction of sp³-hybridized carbons (Fsp3) is 0.238. The molecule has 0 bridgehead atoms. The number of ketones is 1. The van der Waals surface area contributed by atoms with Crippen LogP contribution in [-0.4, -0.2) is 18.2 Å². The van der Waals surface area contributed by atoms with E-state index >= 15 is 0 Å². The lowest BCUT2D eigenvalue weighted by Gasteiger charge is -2.07. The third-order valence-electron chi connectivity index (χ3n) is 4.20. The molecule has 0 fully saturated rings. The van der Waals surface area contributed by atoms with E-state index < -0.39 is 0 Å². The third-order valence-corrected chi connectivity index (χ3v) is 5.90. The van der Waals surface area contributed by atoms with Crippen LogP contribution in [0.3, 0.4) is 0 Å². The molecule has 1 amide bonds. The Morgan fingerprint density at radius 1 is 1.12 bits per heavy atom. The zero-order valence-corrected chi connectivity index (χ0v) is 17.2. The summed E-state index contributed by atoms with van der Waals surface area (Å²) in [4.78, 5) is 26.4. The highest BCUT2D eigenvalue weighted by atomic mass is 79.9. The van der Waals surface area contributed by atoms with Crippen LogP contribution in [0.15, 0.2) is 46.9 Å². The van der Waals surface area contributed by atoms with Gasteiger partial charge < -0.3 is 5.32 Å². The molecule has 0 aliphatic heterocycles. The first-order valence-electron chi connectivity index (χ1n) is 8.63. The van der Waals surface area contributed by atoms with Crippen molar-refractivity contribution in [2.45, 2.75) is 26.7 Å². The Balaban J connectivity index is 2.08. The van der Waals surface area contributed by atoms with Gasteiger partial charge in [-0.2, -0.15) is 0 Å². The average molecular weight is 430 g/mol. The number of hydrogen-bond donors (Lipinski definition) is 1. The Labute approximate surface area is 165 Å². The molecule has 0 saturated carbocycles. The van der Waals surface area contributed by atoms with Crippen molar-refractivity contribution in [2.24, 2.45) is 0 Å². The first kappa shape index (κ1) is 18.8. The summed E-state index contributed by atoms with van der Waals surface area (Å²) in [6.45, 7) is 4.69. The van der Waals surface area contributed by atoms with Gasteiger partial charge in [0.1, 0.15) is 0 Å². The smallest absolute Gasteiger partial charge is 0.253 e. The number of aryl methyl sites for hydroxylation is 1. The summed E-state index contributed by atoms with van der Waals surface area (Å²) in [6.07, 6.45) is 1.93. The number of halogens is 1. The van der Waals surface area contributed by atoms with E-state index in [1.807, 2.05) is 37.3 Å². The van der Waals surface area contributed by atoms with Gasteiger partial charge in [-0.3, -0.25) is 9.59 Å². The molecule has 0 aliphatic carbocycles. The molecule has 0 saturated heterocycles. The minimum Gasteiger partial charge on any atom is -0.352 e. The Morgan fingerprint density at radius 3 is 2.54 bits per heavy atom. The van der Waals surface area contributed by atoms with Gasteiger partial charge in [0.05, 0.1) is 10.4 Å². The summed E-state index contributed by atoms with van der Waals surface area (Å²) in [7, 11) is 0. The minimum absolute atomic E-state index is 0.114. The molecular weight excluding hydrogens is 410 g/mol. The molecule has 0 spiro atoms. The van der Waals surface area contributed by atoms with Crippen LogP contribution in [0, 0.1) is 6.92 Å². The number of nitrogens with one attached hydrogen (secondary N) is 1. The molecule has 0 atom stereocenters. The van der Waals surface area contributed by atoms with Gasteiger partial charge in [0, 0.05) is 26.7 Å². The van der Waals surface area contributed by atoms with Crippen LogP contribution < -0.4 is 5.32 Å². The van der Waals surface area contributed by atoms with Crippen molar-refractivity contribution in [2.75, 3.05) is 6.54 Å². The van der Waals surface area contributed by atoms with Crippen LogP contribution in [0.25, 0.3) is 10.1 Å². The van der Waals surface area contributed by atoms with E-state index in [0.29, 0.717) is 22.5 Å². The second-order valence-corrected chi connectivity index (χ2v) is 8.22. The van der Waals surface area contributed by atoms with Gasteiger partial charge in [0.25, 0.3) is 5.91 Å². The summed E-state index contributed by atoms with van der Waals surface area (Å²) < 4.78 is 1.87. The van der Waals surface area contributed by atoms with Crippen LogP contribution in [-0.2, 0) is 0 Å². The molecular formula is C21H20BrNO2S. The number of thiophene rings is 1. The molecule has 1 aromatic heterocycles. The van der Waals surface area contributed by atoms with E-state index in [1.165, 1.54) is 11.3 Å². The van der Waals surface area contributed by atoms with Crippen LogP contribution in [0.5, 0.6) is 0 Å². The molecule has 3 aromatic rings. The number of carbonyl (C=O) groups excluding carboxylic acids is 2. The number of hydrogen-bond acceptors (Lipinski definition) is 3. The summed E-state index contributed by atoms with van der Waals surface area (Å²) in [5.74, 6) is -0.284. The number of fused-ring (bicyclic) bond motifs is 1. The maximum atomic E-state index is 13.1. The molecule has 26 heavy (non-hydrogen) atoms. The van der Waals surface area contributed by atoms with Gasteiger partial charge in [-0.15, -0.1) is 11.3 Å². The molecule has 0 aliphatic rings. The normalized spacial score (nSPS) is 10.9. The first-order chi connectivity index (χ1) is 12.5. The number of unbranched alkanes of at least 4 members (excludes halogenated alkanes) is 1. The number of rotatable bonds is 6. The average Bonchev–Trinajstić information content (AvgIpc) is 3.00. The molecule has 134 valence electrons. The van der Waals surface area contributed by atoms with Crippen molar-refractivity contribution in [3.05, 3.63) is 68.5 Å². The van der Waals surface area contributed by atoms with Gasteiger partial charge in [0.2, 0.25) is 5.78 Å². The van der Waals surface area contributed by atoms with Crippen molar-refractivity contribution in [3.63, 3.8) is 0 Å². The zero-order chi connectivity index (χ0) is 18.7. The summed E-state index contributed by atoms with van der Waals surface area (Å²) in [5.41, 5.74) is 2.15. The number of benzene rings is 2. The number of carbonyl (C=O) groups is 2. The molecule has 0 unspecified atom stereocenters. The van der Waals surface area contributed by atoms with E-state index in [4.69, 9.17) is 0 Å². The number of amides is 1. The Morgan fingerprint density at radius 2 is 1.85 bits per heavy atom. The topological polar surface area (TPSA) is 46.2 Å². The predicted molar refractivity (Wildman–Crippen MR) is 111 cm³/mol. The van der Waals surface area contributed by atoms with Gasteiger partial charge in [0.15, 0.2) is 0 Å². The van der Waals surface area contributed by atoms with Gasteiger partial charge in [-0.1, -0.05) is 40.9 Å². The third kappa shape index (κ3) is 3.89. The van der Waals surface area contributed by atoms with Gasteiger partial charge in [-0.25, -0.2) is 0 Å². The zero-order valence-electron chi connectivity index (χ0n) is 14.8. The molecule has 1 heterocycles. The standard InChI is InChI=1S/C21H20BrNO2S/c1-3-4-11-23-21(25)18-16-12-13(2)5-10-17(16)26-20(18)19(24)14-6-8-15(22)9-7-14/h5-10,12H,3-4,11H2,1-2H3,(H,23,25). The fourth-order valence-electron chi connectivity index (χ4n) is 2.80. The van der Waals surface area contributed by atoms with Crippen LogP contribution in [0.2, 0.25) is 0 Å². The second kappa shape index (κ2) is 8.14. The van der Waals surface area contributed by atoms with Crippen molar-refractivity contribution in [3.8, 4) is 0 Å². The summed E-state index contributed by atoms with van der Waals surface area (Å²) >= 11 is 4.77. The van der Waals surface area contributed by atoms with E-state index in [-0.39, 0.29) is 11.7 Å². The predicted octanol–water partition coefficient (Wildman–Crippen LogP) is 5.73. The van der Waals surface area contributed by atoms with Crippen molar-refractivity contribution >= 4 is 49.0 Å². The van der Waals surface area contributed by atoms with Gasteiger partial charge >= 0.3 is 0 Å². The van der Waals surface area contributed by atoms with Crippen molar-refractivity contribution < 1.29 is 9.59 Å². The van der Waals surface area contributed by atoms with Gasteiger partial charge in [-0.05, 0) is 49.7 Å². The minimum atomic E-state index is -0.171. The lowest BCUT2D eigenvalue weighted by molar-refractivity contribution is 0.0945. The summed E-state index contributed by atoms with van der Waals surface area (Å²) in [5, 5.41) is 3.81. The second-order valence-electron chi connectivity index (χ2n) is 6.25. The molecule has 0 radical (unpaired) electrons. The Bertz CT molecular complexity index is 960. The van der Waals surface area contributed by atoms with E-state index in [0.717, 1.165) is 33.0 Å². The lowest BCUT2D eigenvalue weighted by atomic mass is 10.0. The van der Waals surface area contributed by atoms with Crippen LogP contribution in [0.1, 0.15) is 50.9 Å². The largest absolute Gasteiger partial charge is 0.352 e. The van der Waals surface area contributed by atoms with E-state index in [2.05, 4.69) is 28.2 Å². The van der Waals surface area contributed by atoms with Crippen LogP contribution >= 0.6 is 27.3 Å². The molecule has 2 aromatic carbocycles. The molecule has 1 N–H and O–H groups in total. The van der Waals surface area contributed by atoms with Crippen LogP contribution in [0.4, 0.5) is 0 Å². The van der Waals surface area contributed by atoms with Crippen molar-refractivity contribution in [1.29, 1.82) is 0 Å². The SMILES string of the molecule is CCCCNC(=O)c1c(C(=O)c2ccc(Br)cc2)sc2ccc(C)cc12. The Hall–Kier alpha value is -1.98. The quantitative estimate of drug-likeness (QED) is 0.401. The highest BCUT2D eigenvalue weighted by molar-refractivity contribution is 9.10. The highest BCUT2D eigenvalue weighted by Crippen LogP contribution is 2.34. The maximum Gasteiger partial charge on any atom is 0.253 e. The van der Waals surface area contributed by atoms with Crippen molar-refractivity contribution in [1.82, 2.24) is 5.32 Å². The lowest BCUT2D eigenvalue weighted by Crippen LogP contribution is -2.25. The molecule has 5 heteroatoms. The fourth-order valence-corrected chi connectivity index (χ4v) is 4.20. The van der Waals surface area contributed by atoms with E-state index in [1.54, 1.807) is 12.1 Å². The van der Waals surface area contributed by atoms with E-state index in [9.17, 15) is 9.59 Å². The first-order valence-corrected chi connectivity index (χ1v) is 10.2. The molecule has 3 rings (SSSR count). The maximum absolute atomic E-state index is 13.1. The Kier molecular flexibility index (Phi) is 5.89. The highest BCUT2D eigenvalue weighted by Gasteiger charge is 2.24. The monoisotopic (exact) mass is 429 g/mol. The molecule has 3 nitrogen and oxygen atoms in total.